The second-order valence-corrected chi connectivity index (χ2v) is 5.82. The molecule has 0 aromatic rings. The molecule has 0 aliphatic heterocycles. The Morgan fingerprint density at radius 3 is 2.67 bits per heavy atom. The van der Waals surface area contributed by atoms with E-state index in [9.17, 15) is 9.59 Å². The van der Waals surface area contributed by atoms with Crippen LogP contribution in [0, 0.1) is 11.8 Å². The van der Waals surface area contributed by atoms with Crippen LogP contribution < -0.4 is 5.32 Å². The highest BCUT2D eigenvalue weighted by molar-refractivity contribution is 5.83. The van der Waals surface area contributed by atoms with Gasteiger partial charge in [-0.15, -0.1) is 6.58 Å². The first-order valence-electron chi connectivity index (χ1n) is 6.44. The minimum absolute atomic E-state index is 0.0753. The molecule has 1 fully saturated rings. The molecule has 0 bridgehead atoms. The lowest BCUT2D eigenvalue weighted by Crippen LogP contribution is -2.38. The zero-order valence-electron chi connectivity index (χ0n) is 11.5. The third kappa shape index (κ3) is 4.90. The van der Waals surface area contributed by atoms with Gasteiger partial charge in [-0.05, 0) is 39.5 Å². The standard InChI is InChI=1S/C14H23NO3/c1-5-10-6-7-11(12(16)8-10)9-15-13(17)18-14(2,3)4/h5,10-11H,1,6-9H2,2-4H3,(H,15,17)/t10-,11?/m1/s1. The summed E-state index contributed by atoms with van der Waals surface area (Å²) in [5, 5.41) is 2.66. The van der Waals surface area contributed by atoms with Crippen molar-refractivity contribution in [1.82, 2.24) is 5.32 Å². The molecule has 102 valence electrons. The van der Waals surface area contributed by atoms with Gasteiger partial charge in [0.05, 0.1) is 0 Å². The molecule has 0 aromatic carbocycles. The number of rotatable bonds is 3. The van der Waals surface area contributed by atoms with Crippen molar-refractivity contribution in [1.29, 1.82) is 0 Å². The molecule has 4 nitrogen and oxygen atoms in total. The summed E-state index contributed by atoms with van der Waals surface area (Å²) < 4.78 is 5.13. The highest BCUT2D eigenvalue weighted by Gasteiger charge is 2.27. The summed E-state index contributed by atoms with van der Waals surface area (Å²) in [6, 6.07) is 0. The minimum Gasteiger partial charge on any atom is -0.444 e. The van der Waals surface area contributed by atoms with Gasteiger partial charge in [-0.25, -0.2) is 4.79 Å². The van der Waals surface area contributed by atoms with E-state index in [1.807, 2.05) is 26.8 Å². The molecular weight excluding hydrogens is 230 g/mol. The van der Waals surface area contributed by atoms with E-state index < -0.39 is 11.7 Å². The van der Waals surface area contributed by atoms with Crippen molar-refractivity contribution in [3.05, 3.63) is 12.7 Å². The number of ether oxygens (including phenoxy) is 1. The summed E-state index contributed by atoms with van der Waals surface area (Å²) in [4.78, 5) is 23.3. The molecule has 1 aliphatic carbocycles. The van der Waals surface area contributed by atoms with E-state index in [4.69, 9.17) is 4.74 Å². The Hall–Kier alpha value is -1.32. The molecule has 1 aliphatic rings. The van der Waals surface area contributed by atoms with Gasteiger partial charge in [0.25, 0.3) is 0 Å². The second kappa shape index (κ2) is 6.03. The Morgan fingerprint density at radius 2 is 2.17 bits per heavy atom. The lowest BCUT2D eigenvalue weighted by atomic mass is 9.81. The summed E-state index contributed by atoms with van der Waals surface area (Å²) in [6.07, 6.45) is 3.71. The number of carbonyl (C=O) groups excluding carboxylic acids is 2. The average Bonchev–Trinajstić information content (AvgIpc) is 2.25. The number of nitrogens with one attached hydrogen (secondary N) is 1. The van der Waals surface area contributed by atoms with Crippen LogP contribution in [0.1, 0.15) is 40.0 Å². The molecule has 0 aromatic heterocycles. The van der Waals surface area contributed by atoms with Crippen molar-refractivity contribution in [2.24, 2.45) is 11.8 Å². The van der Waals surface area contributed by atoms with Gasteiger partial charge in [0.1, 0.15) is 11.4 Å². The molecule has 1 rings (SSSR count). The van der Waals surface area contributed by atoms with E-state index in [1.54, 1.807) is 0 Å². The lowest BCUT2D eigenvalue weighted by Gasteiger charge is -2.26. The molecule has 1 saturated carbocycles. The highest BCUT2D eigenvalue weighted by atomic mass is 16.6. The van der Waals surface area contributed by atoms with Crippen molar-refractivity contribution >= 4 is 11.9 Å². The first-order valence-corrected chi connectivity index (χ1v) is 6.44. The Kier molecular flexibility index (Phi) is 4.93. The van der Waals surface area contributed by atoms with E-state index in [0.29, 0.717) is 18.9 Å². The lowest BCUT2D eigenvalue weighted by molar-refractivity contribution is -0.125. The summed E-state index contributed by atoms with van der Waals surface area (Å²) in [5.41, 5.74) is -0.505. The van der Waals surface area contributed by atoms with Crippen molar-refractivity contribution < 1.29 is 14.3 Å². The molecule has 1 unspecified atom stereocenters. The van der Waals surface area contributed by atoms with E-state index in [-0.39, 0.29) is 11.7 Å². The van der Waals surface area contributed by atoms with Gasteiger partial charge < -0.3 is 10.1 Å². The van der Waals surface area contributed by atoms with Crippen molar-refractivity contribution in [2.45, 2.75) is 45.6 Å². The van der Waals surface area contributed by atoms with E-state index in [0.717, 1.165) is 12.8 Å². The van der Waals surface area contributed by atoms with E-state index in [1.165, 1.54) is 0 Å². The SMILES string of the molecule is C=C[C@@H]1CCC(CNC(=O)OC(C)(C)C)C(=O)C1. The van der Waals surface area contributed by atoms with Crippen LogP contribution in [-0.2, 0) is 9.53 Å². The zero-order chi connectivity index (χ0) is 13.8. The van der Waals surface area contributed by atoms with Crippen LogP contribution in [0.15, 0.2) is 12.7 Å². The number of carbonyl (C=O) groups is 2. The maximum Gasteiger partial charge on any atom is 0.407 e. The monoisotopic (exact) mass is 253 g/mol. The van der Waals surface area contributed by atoms with Crippen LogP contribution in [0.3, 0.4) is 0 Å². The van der Waals surface area contributed by atoms with Gasteiger partial charge in [-0.2, -0.15) is 0 Å². The van der Waals surface area contributed by atoms with Gasteiger partial charge in [-0.3, -0.25) is 4.79 Å². The average molecular weight is 253 g/mol. The number of ketones is 1. The number of allylic oxidation sites excluding steroid dienone is 1. The largest absolute Gasteiger partial charge is 0.444 e. The molecule has 4 heteroatoms. The maximum atomic E-state index is 11.8. The molecule has 1 amide bonds. The molecule has 1 N–H and O–H groups in total. The molecule has 18 heavy (non-hydrogen) atoms. The molecule has 2 atom stereocenters. The van der Waals surface area contributed by atoms with Crippen molar-refractivity contribution in [3.8, 4) is 0 Å². The topological polar surface area (TPSA) is 55.4 Å². The molecular formula is C14H23NO3. The maximum absolute atomic E-state index is 11.8. The quantitative estimate of drug-likeness (QED) is 0.787. The summed E-state index contributed by atoms with van der Waals surface area (Å²) in [5.74, 6) is 0.436. The van der Waals surface area contributed by atoms with Crippen LogP contribution >= 0.6 is 0 Å². The molecule has 0 radical (unpaired) electrons. The Morgan fingerprint density at radius 1 is 1.50 bits per heavy atom. The third-order valence-corrected chi connectivity index (χ3v) is 3.03. The number of Topliss-reactive ketones (excluding diaryl/α,β-unsaturated/α-hetero) is 1. The van der Waals surface area contributed by atoms with Crippen LogP contribution in [0.5, 0.6) is 0 Å². The fourth-order valence-electron chi connectivity index (χ4n) is 2.04. The normalized spacial score (nSPS) is 24.5. The Balaban J connectivity index is 2.34. The Bertz CT molecular complexity index is 330. The minimum atomic E-state index is -0.505. The van der Waals surface area contributed by atoms with Crippen molar-refractivity contribution in [2.75, 3.05) is 6.54 Å². The van der Waals surface area contributed by atoms with Crippen LogP contribution in [0.2, 0.25) is 0 Å². The number of amides is 1. The van der Waals surface area contributed by atoms with Crippen molar-refractivity contribution in [3.63, 3.8) is 0 Å². The number of alkyl carbamates (subject to hydrolysis) is 1. The molecule has 0 heterocycles. The van der Waals surface area contributed by atoms with Gasteiger partial charge in [0.2, 0.25) is 0 Å². The Labute approximate surface area is 109 Å². The van der Waals surface area contributed by atoms with Crippen LogP contribution in [0.25, 0.3) is 0 Å². The van der Waals surface area contributed by atoms with Crippen LogP contribution in [-0.4, -0.2) is 24.0 Å². The number of hydrogen-bond acceptors (Lipinski definition) is 3. The fraction of sp³-hybridized carbons (Fsp3) is 0.714. The summed E-state index contributed by atoms with van der Waals surface area (Å²) in [6.45, 7) is 9.53. The third-order valence-electron chi connectivity index (χ3n) is 3.03. The summed E-state index contributed by atoms with van der Waals surface area (Å²) >= 11 is 0. The van der Waals surface area contributed by atoms with Gasteiger partial charge in [-0.1, -0.05) is 6.08 Å². The van der Waals surface area contributed by atoms with Gasteiger partial charge >= 0.3 is 6.09 Å². The predicted molar refractivity (Wildman–Crippen MR) is 70.3 cm³/mol. The summed E-state index contributed by atoms with van der Waals surface area (Å²) in [7, 11) is 0. The predicted octanol–water partition coefficient (Wildman–Crippen LogP) is 2.68. The van der Waals surface area contributed by atoms with Gasteiger partial charge in [0, 0.05) is 18.9 Å². The zero-order valence-corrected chi connectivity index (χ0v) is 11.5. The molecule has 0 saturated heterocycles. The first kappa shape index (κ1) is 14.7. The molecule has 0 spiro atoms. The van der Waals surface area contributed by atoms with Gasteiger partial charge in [0.15, 0.2) is 0 Å². The smallest absolute Gasteiger partial charge is 0.407 e. The number of hydrogen-bond donors (Lipinski definition) is 1. The van der Waals surface area contributed by atoms with E-state index in [2.05, 4.69) is 11.9 Å². The highest BCUT2D eigenvalue weighted by Crippen LogP contribution is 2.26. The second-order valence-electron chi connectivity index (χ2n) is 5.82. The van der Waals surface area contributed by atoms with Crippen LogP contribution in [0.4, 0.5) is 4.79 Å². The first-order chi connectivity index (χ1) is 8.31. The fourth-order valence-corrected chi connectivity index (χ4v) is 2.04. The van der Waals surface area contributed by atoms with E-state index >= 15 is 0 Å².